The summed E-state index contributed by atoms with van der Waals surface area (Å²) in [4.78, 5) is 24.1. The van der Waals surface area contributed by atoms with Crippen LogP contribution in [0.15, 0.2) is 54.6 Å². The molecule has 2 aromatic carbocycles. The molecule has 2 aliphatic rings. The molecule has 1 aliphatic heterocycles. The number of carbonyl (C=O) groups is 1. The van der Waals surface area contributed by atoms with Crippen LogP contribution in [-0.2, 0) is 22.6 Å². The fourth-order valence-corrected chi connectivity index (χ4v) is 6.06. The van der Waals surface area contributed by atoms with Gasteiger partial charge in [-0.05, 0) is 61.1 Å². The van der Waals surface area contributed by atoms with E-state index in [9.17, 15) is 9.18 Å². The van der Waals surface area contributed by atoms with Crippen molar-refractivity contribution in [2.24, 2.45) is 5.41 Å². The van der Waals surface area contributed by atoms with E-state index in [1.807, 2.05) is 30.3 Å². The van der Waals surface area contributed by atoms with E-state index in [1.54, 1.807) is 31.4 Å². The second-order valence-electron chi connectivity index (χ2n) is 11.0. The number of aromatic nitrogens is 3. The number of hydrogen-bond acceptors (Lipinski definition) is 8. The second kappa shape index (κ2) is 11.4. The smallest absolute Gasteiger partial charge is 0.337 e. The number of nitrogens with zero attached hydrogens (tertiary/aromatic N) is 5. The number of imidazole rings is 1. The third kappa shape index (κ3) is 5.28. The van der Waals surface area contributed by atoms with E-state index in [0.29, 0.717) is 36.1 Å². The molecule has 1 spiro atoms. The highest BCUT2D eigenvalue weighted by Crippen LogP contribution is 2.65. The number of methoxy groups -OCH3 is 2. The van der Waals surface area contributed by atoms with E-state index in [-0.39, 0.29) is 23.6 Å². The summed E-state index contributed by atoms with van der Waals surface area (Å²) >= 11 is 0. The molecule has 1 atom stereocenters. The van der Waals surface area contributed by atoms with Crippen molar-refractivity contribution in [2.75, 3.05) is 38.8 Å². The Morgan fingerprint density at radius 3 is 2.69 bits per heavy atom. The molecule has 1 unspecified atom stereocenters. The van der Waals surface area contributed by atoms with Gasteiger partial charge in [0.1, 0.15) is 24.1 Å². The van der Waals surface area contributed by atoms with Crippen LogP contribution in [0.5, 0.6) is 5.88 Å². The number of piperidine rings is 1. The summed E-state index contributed by atoms with van der Waals surface area (Å²) in [6, 6.07) is 17.4. The number of anilines is 1. The van der Waals surface area contributed by atoms with Gasteiger partial charge in [0.25, 0.3) is 0 Å². The summed E-state index contributed by atoms with van der Waals surface area (Å²) in [5.74, 6) is 1.83. The molecule has 1 saturated heterocycles. The van der Waals surface area contributed by atoms with Gasteiger partial charge in [0.15, 0.2) is 0 Å². The Hall–Kier alpha value is -4.49. The molecular formula is C32H32FN5O4. The predicted octanol–water partition coefficient (Wildman–Crippen LogP) is 5.23. The Balaban J connectivity index is 1.13. The van der Waals surface area contributed by atoms with E-state index in [2.05, 4.69) is 14.5 Å². The van der Waals surface area contributed by atoms with Crippen LogP contribution < -0.4 is 9.64 Å². The summed E-state index contributed by atoms with van der Waals surface area (Å²) in [6.07, 6.45) is 3.11. The normalized spacial score (nSPS) is 17.3. The predicted molar refractivity (Wildman–Crippen MR) is 154 cm³/mol. The van der Waals surface area contributed by atoms with Crippen molar-refractivity contribution in [3.63, 3.8) is 0 Å². The van der Waals surface area contributed by atoms with Crippen molar-refractivity contribution in [2.45, 2.75) is 38.3 Å². The highest BCUT2D eigenvalue weighted by Gasteiger charge is 2.57. The highest BCUT2D eigenvalue weighted by atomic mass is 19.1. The maximum atomic E-state index is 14.3. The van der Waals surface area contributed by atoms with Crippen molar-refractivity contribution < 1.29 is 23.4 Å². The van der Waals surface area contributed by atoms with Crippen molar-refractivity contribution >= 4 is 22.8 Å². The quantitative estimate of drug-likeness (QED) is 0.253. The second-order valence-corrected chi connectivity index (χ2v) is 11.0. The number of fused-ring (bicyclic) bond motifs is 1. The molecule has 1 saturated carbocycles. The number of benzene rings is 2. The van der Waals surface area contributed by atoms with Crippen LogP contribution in [0.4, 0.5) is 10.2 Å². The first-order valence-electron chi connectivity index (χ1n) is 14.1. The van der Waals surface area contributed by atoms with Gasteiger partial charge >= 0.3 is 5.97 Å². The highest BCUT2D eigenvalue weighted by molar-refractivity contribution is 5.93. The molecule has 6 rings (SSSR count). The monoisotopic (exact) mass is 569 g/mol. The molecule has 42 heavy (non-hydrogen) atoms. The fraction of sp³-hybridized carbons (Fsp3) is 0.375. The Labute approximate surface area is 243 Å². The first kappa shape index (κ1) is 27.7. The molecule has 0 N–H and O–H groups in total. The lowest BCUT2D eigenvalue weighted by molar-refractivity contribution is 0.0601. The minimum absolute atomic E-state index is 0.0317. The molecule has 0 bridgehead atoms. The SMILES string of the molecule is COCCn1c(C2CC23CCN(c2cccc(OCc4ccc(C#N)cc4F)n2)CC3)nc2ccc(C(=O)OC)cc21. The average molecular weight is 570 g/mol. The van der Waals surface area contributed by atoms with E-state index < -0.39 is 5.82 Å². The standard InChI is InChI=1S/C32H32FN5O4/c1-40-15-14-38-27-17-22(31(39)41-2)8-9-26(27)35-30(38)24-18-32(24)10-12-37(13-11-32)28-4-3-5-29(36-28)42-20-23-7-6-21(19-34)16-25(23)33/h3-9,16-17,24H,10-15,18,20H2,1-2H3. The Kier molecular flexibility index (Phi) is 7.52. The molecule has 3 heterocycles. The zero-order chi connectivity index (χ0) is 29.3. The first-order chi connectivity index (χ1) is 20.4. The van der Waals surface area contributed by atoms with Crippen LogP contribution >= 0.6 is 0 Å². The maximum absolute atomic E-state index is 14.3. The number of halogens is 1. The molecule has 0 radical (unpaired) electrons. The van der Waals surface area contributed by atoms with Crippen LogP contribution in [0.2, 0.25) is 0 Å². The van der Waals surface area contributed by atoms with E-state index in [4.69, 9.17) is 24.5 Å². The van der Waals surface area contributed by atoms with Gasteiger partial charge in [-0.2, -0.15) is 10.2 Å². The van der Waals surface area contributed by atoms with Gasteiger partial charge in [-0.15, -0.1) is 0 Å². The number of carbonyl (C=O) groups excluding carboxylic acids is 1. The summed E-state index contributed by atoms with van der Waals surface area (Å²) in [7, 11) is 3.07. The lowest BCUT2D eigenvalue weighted by Gasteiger charge is -2.34. The van der Waals surface area contributed by atoms with Gasteiger partial charge in [0.05, 0.1) is 41.9 Å². The van der Waals surface area contributed by atoms with Gasteiger partial charge in [-0.3, -0.25) is 0 Å². The minimum atomic E-state index is -0.467. The number of nitriles is 1. The number of ether oxygens (including phenoxy) is 3. The maximum Gasteiger partial charge on any atom is 0.337 e. The molecule has 10 heteroatoms. The van der Waals surface area contributed by atoms with E-state index >= 15 is 0 Å². The third-order valence-corrected chi connectivity index (χ3v) is 8.57. The van der Waals surface area contributed by atoms with Gasteiger partial charge < -0.3 is 23.7 Å². The fourth-order valence-electron chi connectivity index (χ4n) is 6.06. The number of hydrogen-bond donors (Lipinski definition) is 0. The molecule has 2 aromatic heterocycles. The molecule has 2 fully saturated rings. The average Bonchev–Trinajstić information content (AvgIpc) is 3.59. The van der Waals surface area contributed by atoms with Gasteiger partial charge in [-0.25, -0.2) is 14.2 Å². The number of esters is 1. The van der Waals surface area contributed by atoms with Crippen LogP contribution in [0.3, 0.4) is 0 Å². The summed E-state index contributed by atoms with van der Waals surface area (Å²) in [6.45, 7) is 2.97. The van der Waals surface area contributed by atoms with Crippen LogP contribution in [-0.4, -0.2) is 54.4 Å². The third-order valence-electron chi connectivity index (χ3n) is 8.57. The first-order valence-corrected chi connectivity index (χ1v) is 14.1. The molecule has 9 nitrogen and oxygen atoms in total. The van der Waals surface area contributed by atoms with E-state index in [0.717, 1.165) is 55.0 Å². The summed E-state index contributed by atoms with van der Waals surface area (Å²) in [5.41, 5.74) is 3.14. The van der Waals surface area contributed by atoms with Crippen molar-refractivity contribution in [3.8, 4) is 11.9 Å². The van der Waals surface area contributed by atoms with Crippen LogP contribution in [0.1, 0.15) is 52.5 Å². The molecule has 1 aliphatic carbocycles. The zero-order valence-electron chi connectivity index (χ0n) is 23.7. The Morgan fingerprint density at radius 1 is 1.12 bits per heavy atom. The topological polar surface area (TPSA) is 103 Å². The molecule has 0 amide bonds. The largest absolute Gasteiger partial charge is 0.473 e. The Morgan fingerprint density at radius 2 is 1.95 bits per heavy atom. The van der Waals surface area contributed by atoms with Gasteiger partial charge in [0, 0.05) is 44.3 Å². The van der Waals surface area contributed by atoms with Crippen LogP contribution in [0, 0.1) is 22.6 Å². The molecule has 216 valence electrons. The number of rotatable bonds is 9. The van der Waals surface area contributed by atoms with Gasteiger partial charge in [0.2, 0.25) is 5.88 Å². The molecular weight excluding hydrogens is 537 g/mol. The molecule has 4 aromatic rings. The summed E-state index contributed by atoms with van der Waals surface area (Å²) < 4.78 is 32.6. The summed E-state index contributed by atoms with van der Waals surface area (Å²) in [5, 5.41) is 8.95. The zero-order valence-corrected chi connectivity index (χ0v) is 23.7. The lowest BCUT2D eigenvalue weighted by atomic mass is 9.90. The van der Waals surface area contributed by atoms with Crippen molar-refractivity contribution in [1.29, 1.82) is 5.26 Å². The van der Waals surface area contributed by atoms with Gasteiger partial charge in [-0.1, -0.05) is 12.1 Å². The lowest BCUT2D eigenvalue weighted by Crippen LogP contribution is -2.35. The number of pyridine rings is 1. The minimum Gasteiger partial charge on any atom is -0.473 e. The van der Waals surface area contributed by atoms with Crippen molar-refractivity contribution in [3.05, 3.63) is 82.9 Å². The van der Waals surface area contributed by atoms with Crippen LogP contribution in [0.25, 0.3) is 11.0 Å². The Bertz CT molecular complexity index is 1670. The van der Waals surface area contributed by atoms with Crippen molar-refractivity contribution in [1.82, 2.24) is 14.5 Å². The van der Waals surface area contributed by atoms with E-state index in [1.165, 1.54) is 13.2 Å².